The number of hydrogen-bond donors (Lipinski definition) is 1. The van der Waals surface area contributed by atoms with E-state index in [1.807, 2.05) is 81.4 Å². The highest BCUT2D eigenvalue weighted by Gasteiger charge is 2.25. The molecule has 3 nitrogen and oxygen atoms in total. The van der Waals surface area contributed by atoms with Gasteiger partial charge in [-0.3, -0.25) is 4.79 Å². The lowest BCUT2D eigenvalue weighted by Crippen LogP contribution is -2.29. The second-order valence-electron chi connectivity index (χ2n) is 7.24. The monoisotopic (exact) mass is 358 g/mol. The molecule has 0 unspecified atom stereocenters. The van der Waals surface area contributed by atoms with Crippen LogP contribution in [0.5, 0.6) is 0 Å². The largest absolute Gasteiger partial charge is 0.326 e. The first-order chi connectivity index (χ1) is 13.0. The summed E-state index contributed by atoms with van der Waals surface area (Å²) in [5, 5.41) is 3.02. The number of rotatable bonds is 6. The molecule has 3 aromatic carbocycles. The molecule has 0 aromatic heterocycles. The van der Waals surface area contributed by atoms with E-state index in [2.05, 4.69) is 34.5 Å². The van der Waals surface area contributed by atoms with Crippen LogP contribution in [0.1, 0.15) is 27.2 Å². The van der Waals surface area contributed by atoms with Gasteiger partial charge in [-0.05, 0) is 55.0 Å². The van der Waals surface area contributed by atoms with E-state index in [0.29, 0.717) is 0 Å². The summed E-state index contributed by atoms with van der Waals surface area (Å²) in [6, 6.07) is 28.5. The maximum atomic E-state index is 12.4. The van der Waals surface area contributed by atoms with Crippen LogP contribution < -0.4 is 10.2 Å². The van der Waals surface area contributed by atoms with E-state index < -0.39 is 0 Å². The van der Waals surface area contributed by atoms with Gasteiger partial charge < -0.3 is 10.2 Å². The quantitative estimate of drug-likeness (QED) is 0.543. The molecular formula is C24H26N2O. The fourth-order valence-corrected chi connectivity index (χ4v) is 2.76. The third-order valence-electron chi connectivity index (χ3n) is 4.91. The molecule has 0 aliphatic heterocycles. The fraction of sp³-hybridized carbons (Fsp3) is 0.208. The van der Waals surface area contributed by atoms with E-state index in [1.165, 1.54) is 0 Å². The summed E-state index contributed by atoms with van der Waals surface area (Å²) >= 11 is 0. The highest BCUT2D eigenvalue weighted by molar-refractivity contribution is 5.95. The van der Waals surface area contributed by atoms with E-state index >= 15 is 0 Å². The number of carbonyl (C=O) groups excluding carboxylic acids is 1. The molecule has 138 valence electrons. The van der Waals surface area contributed by atoms with Gasteiger partial charge in [-0.1, -0.05) is 57.2 Å². The second kappa shape index (κ2) is 8.09. The van der Waals surface area contributed by atoms with Crippen molar-refractivity contribution in [2.45, 2.75) is 27.2 Å². The number of anilines is 4. The molecule has 0 saturated heterocycles. The van der Waals surface area contributed by atoms with Gasteiger partial charge in [0.15, 0.2) is 0 Å². The first-order valence-corrected chi connectivity index (χ1v) is 9.33. The van der Waals surface area contributed by atoms with Gasteiger partial charge >= 0.3 is 0 Å². The maximum Gasteiger partial charge on any atom is 0.230 e. The van der Waals surface area contributed by atoms with Crippen molar-refractivity contribution in [2.75, 3.05) is 10.2 Å². The van der Waals surface area contributed by atoms with E-state index in [9.17, 15) is 4.79 Å². The van der Waals surface area contributed by atoms with Crippen LogP contribution >= 0.6 is 0 Å². The smallest absolute Gasteiger partial charge is 0.230 e. The van der Waals surface area contributed by atoms with Crippen LogP contribution in [0.15, 0.2) is 84.9 Å². The summed E-state index contributed by atoms with van der Waals surface area (Å²) in [5.41, 5.74) is 3.66. The molecule has 3 heteroatoms. The predicted molar refractivity (Wildman–Crippen MR) is 114 cm³/mol. The van der Waals surface area contributed by atoms with Crippen molar-refractivity contribution in [3.05, 3.63) is 84.9 Å². The van der Waals surface area contributed by atoms with Crippen molar-refractivity contribution < 1.29 is 4.79 Å². The molecule has 0 aliphatic carbocycles. The van der Waals surface area contributed by atoms with Gasteiger partial charge in [-0.25, -0.2) is 0 Å². The highest BCUT2D eigenvalue weighted by atomic mass is 16.2. The van der Waals surface area contributed by atoms with Crippen LogP contribution in [0, 0.1) is 5.41 Å². The Morgan fingerprint density at radius 3 is 1.67 bits per heavy atom. The summed E-state index contributed by atoms with van der Waals surface area (Å²) in [6.07, 6.45) is 0.798. The fourth-order valence-electron chi connectivity index (χ4n) is 2.76. The Hall–Kier alpha value is -3.07. The first kappa shape index (κ1) is 18.7. The van der Waals surface area contributed by atoms with Crippen molar-refractivity contribution in [2.24, 2.45) is 5.41 Å². The molecular weight excluding hydrogens is 332 g/mol. The number of amides is 1. The molecule has 1 N–H and O–H groups in total. The molecule has 3 rings (SSSR count). The lowest BCUT2D eigenvalue weighted by molar-refractivity contribution is -0.124. The van der Waals surface area contributed by atoms with Gasteiger partial charge in [0.2, 0.25) is 5.91 Å². The molecule has 0 radical (unpaired) electrons. The van der Waals surface area contributed by atoms with E-state index in [4.69, 9.17) is 0 Å². The van der Waals surface area contributed by atoms with Gasteiger partial charge in [0.25, 0.3) is 0 Å². The van der Waals surface area contributed by atoms with Crippen molar-refractivity contribution in [1.29, 1.82) is 0 Å². The lowest BCUT2D eigenvalue weighted by atomic mass is 9.89. The number of carbonyl (C=O) groups is 1. The van der Waals surface area contributed by atoms with Crippen LogP contribution in [0.2, 0.25) is 0 Å². The molecule has 3 aromatic rings. The molecule has 0 fully saturated rings. The SMILES string of the molecule is CCC(C)(C)C(=O)Nc1ccc(N(c2ccccc2)c2ccccc2)cc1. The van der Waals surface area contributed by atoms with Crippen LogP contribution in [0.3, 0.4) is 0 Å². The van der Waals surface area contributed by atoms with E-state index in [0.717, 1.165) is 29.2 Å². The molecule has 0 spiro atoms. The molecule has 1 amide bonds. The Balaban J connectivity index is 1.90. The summed E-state index contributed by atoms with van der Waals surface area (Å²) < 4.78 is 0. The maximum absolute atomic E-state index is 12.4. The minimum atomic E-state index is -0.376. The first-order valence-electron chi connectivity index (χ1n) is 9.33. The number of benzene rings is 3. The number of nitrogens with one attached hydrogen (secondary N) is 1. The van der Waals surface area contributed by atoms with Crippen molar-refractivity contribution in [1.82, 2.24) is 0 Å². The van der Waals surface area contributed by atoms with Crippen LogP contribution in [-0.4, -0.2) is 5.91 Å². The molecule has 0 heterocycles. The van der Waals surface area contributed by atoms with Crippen LogP contribution in [-0.2, 0) is 4.79 Å². The van der Waals surface area contributed by atoms with Crippen molar-refractivity contribution in [3.8, 4) is 0 Å². The van der Waals surface area contributed by atoms with E-state index in [-0.39, 0.29) is 11.3 Å². The summed E-state index contributed by atoms with van der Waals surface area (Å²) in [4.78, 5) is 14.6. The third-order valence-corrected chi connectivity index (χ3v) is 4.91. The summed E-state index contributed by atoms with van der Waals surface area (Å²) in [7, 11) is 0. The van der Waals surface area contributed by atoms with Gasteiger partial charge in [-0.15, -0.1) is 0 Å². The minimum Gasteiger partial charge on any atom is -0.326 e. The van der Waals surface area contributed by atoms with Crippen molar-refractivity contribution in [3.63, 3.8) is 0 Å². The number of nitrogens with zero attached hydrogens (tertiary/aromatic N) is 1. The van der Waals surface area contributed by atoms with Crippen LogP contribution in [0.4, 0.5) is 22.7 Å². The molecule has 0 atom stereocenters. The van der Waals surface area contributed by atoms with Crippen LogP contribution in [0.25, 0.3) is 0 Å². The summed E-state index contributed by atoms with van der Waals surface area (Å²) in [5.74, 6) is 0.0423. The molecule has 0 saturated carbocycles. The Morgan fingerprint density at radius 2 is 1.22 bits per heavy atom. The highest BCUT2D eigenvalue weighted by Crippen LogP contribution is 2.34. The van der Waals surface area contributed by atoms with Gasteiger partial charge in [-0.2, -0.15) is 0 Å². The van der Waals surface area contributed by atoms with Gasteiger partial charge in [0.1, 0.15) is 0 Å². The number of hydrogen-bond acceptors (Lipinski definition) is 2. The second-order valence-corrected chi connectivity index (χ2v) is 7.24. The normalized spacial score (nSPS) is 11.1. The minimum absolute atomic E-state index is 0.0423. The third kappa shape index (κ3) is 4.37. The summed E-state index contributed by atoms with van der Waals surface area (Å²) in [6.45, 7) is 5.95. The topological polar surface area (TPSA) is 32.3 Å². The van der Waals surface area contributed by atoms with Gasteiger partial charge in [0, 0.05) is 28.2 Å². The van der Waals surface area contributed by atoms with Gasteiger partial charge in [0.05, 0.1) is 0 Å². The Kier molecular flexibility index (Phi) is 5.60. The standard InChI is InChI=1S/C24H26N2O/c1-4-24(2,3)23(27)25-19-15-17-22(18-16-19)26(20-11-7-5-8-12-20)21-13-9-6-10-14-21/h5-18H,4H2,1-3H3,(H,25,27). The molecule has 0 bridgehead atoms. The number of para-hydroxylation sites is 2. The zero-order chi connectivity index (χ0) is 19.3. The lowest BCUT2D eigenvalue weighted by Gasteiger charge is -2.26. The zero-order valence-electron chi connectivity index (χ0n) is 16.1. The Labute approximate surface area is 161 Å². The molecule has 0 aliphatic rings. The Morgan fingerprint density at radius 1 is 0.778 bits per heavy atom. The molecule has 27 heavy (non-hydrogen) atoms. The predicted octanol–water partition coefficient (Wildman–Crippen LogP) is 6.53. The Bertz CT molecular complexity index is 832. The van der Waals surface area contributed by atoms with E-state index in [1.54, 1.807) is 0 Å². The average Bonchev–Trinajstić information content (AvgIpc) is 2.71. The van der Waals surface area contributed by atoms with Crippen molar-refractivity contribution >= 4 is 28.7 Å². The average molecular weight is 358 g/mol. The zero-order valence-corrected chi connectivity index (χ0v) is 16.1.